The van der Waals surface area contributed by atoms with Gasteiger partial charge < -0.3 is 19.8 Å². The van der Waals surface area contributed by atoms with Gasteiger partial charge in [0.25, 0.3) is 5.88 Å². The molecule has 0 fully saturated rings. The van der Waals surface area contributed by atoms with E-state index in [0.29, 0.717) is 6.42 Å². The third-order valence-electron chi connectivity index (χ3n) is 4.20. The Morgan fingerprint density at radius 3 is 2.55 bits per heavy atom. The zero-order chi connectivity index (χ0) is 22.4. The summed E-state index contributed by atoms with van der Waals surface area (Å²) in [6, 6.07) is 3.91. The maximum Gasteiger partial charge on any atom is 0.320 e. The summed E-state index contributed by atoms with van der Waals surface area (Å²) in [5.74, 6) is -4.18. The van der Waals surface area contributed by atoms with Crippen LogP contribution in [0, 0.1) is 17.5 Å². The average Bonchev–Trinajstić information content (AvgIpc) is 3.21. The molecule has 11 heteroatoms. The van der Waals surface area contributed by atoms with Crippen molar-refractivity contribution in [1.29, 1.82) is 0 Å². The summed E-state index contributed by atoms with van der Waals surface area (Å²) in [5.41, 5.74) is 0.205. The molecule has 8 nitrogen and oxygen atoms in total. The SMILES string of the molecule is CCC[C@H](CC)Oc1ncc(NC(=O)c2nnc(Nc3ccc(F)c(F)c3)o2)cc1F. The van der Waals surface area contributed by atoms with Crippen molar-refractivity contribution in [2.45, 2.75) is 39.2 Å². The normalized spacial score (nSPS) is 11.8. The van der Waals surface area contributed by atoms with E-state index in [1.54, 1.807) is 0 Å². The Morgan fingerprint density at radius 1 is 1.10 bits per heavy atom. The maximum absolute atomic E-state index is 14.3. The number of carbonyl (C=O) groups excluding carboxylic acids is 1. The number of hydrogen-bond donors (Lipinski definition) is 2. The first-order valence-corrected chi connectivity index (χ1v) is 9.58. The molecular formula is C20H20F3N5O3. The fourth-order valence-electron chi connectivity index (χ4n) is 2.65. The minimum Gasteiger partial charge on any atom is -0.472 e. The van der Waals surface area contributed by atoms with E-state index in [9.17, 15) is 18.0 Å². The van der Waals surface area contributed by atoms with Crippen LogP contribution in [-0.2, 0) is 0 Å². The van der Waals surface area contributed by atoms with Crippen molar-refractivity contribution in [3.63, 3.8) is 0 Å². The molecule has 31 heavy (non-hydrogen) atoms. The highest BCUT2D eigenvalue weighted by Crippen LogP contribution is 2.22. The lowest BCUT2D eigenvalue weighted by molar-refractivity contribution is 0.0991. The van der Waals surface area contributed by atoms with Gasteiger partial charge in [0.15, 0.2) is 17.5 Å². The molecule has 0 aliphatic rings. The number of anilines is 3. The van der Waals surface area contributed by atoms with Gasteiger partial charge in [-0.2, -0.15) is 0 Å². The molecule has 2 heterocycles. The predicted octanol–water partition coefficient (Wildman–Crippen LogP) is 4.84. The van der Waals surface area contributed by atoms with E-state index in [1.165, 1.54) is 12.3 Å². The first kappa shape index (κ1) is 22.1. The van der Waals surface area contributed by atoms with Crippen molar-refractivity contribution in [2.24, 2.45) is 0 Å². The third kappa shape index (κ3) is 5.71. The first-order valence-electron chi connectivity index (χ1n) is 9.58. The molecule has 0 radical (unpaired) electrons. The number of benzene rings is 1. The molecule has 1 aromatic carbocycles. The number of nitrogens with zero attached hydrogens (tertiary/aromatic N) is 3. The molecule has 2 N–H and O–H groups in total. The summed E-state index contributed by atoms with van der Waals surface area (Å²) in [6.07, 6.45) is 3.48. The Hall–Kier alpha value is -3.63. The number of hydrogen-bond acceptors (Lipinski definition) is 7. The topological polar surface area (TPSA) is 102 Å². The van der Waals surface area contributed by atoms with Gasteiger partial charge in [0.05, 0.1) is 11.9 Å². The molecule has 1 amide bonds. The molecule has 0 saturated carbocycles. The van der Waals surface area contributed by atoms with Crippen molar-refractivity contribution >= 4 is 23.3 Å². The van der Waals surface area contributed by atoms with Crippen LogP contribution in [0.5, 0.6) is 5.88 Å². The van der Waals surface area contributed by atoms with Crippen LogP contribution >= 0.6 is 0 Å². The quantitative estimate of drug-likeness (QED) is 0.496. The Bertz CT molecular complexity index is 1060. The number of rotatable bonds is 9. The van der Waals surface area contributed by atoms with Gasteiger partial charge in [-0.05, 0) is 25.0 Å². The molecule has 0 aliphatic carbocycles. The molecule has 0 bridgehead atoms. The number of nitrogens with one attached hydrogen (secondary N) is 2. The Labute approximate surface area is 175 Å². The number of pyridine rings is 1. The van der Waals surface area contributed by atoms with Gasteiger partial charge in [-0.25, -0.2) is 18.2 Å². The van der Waals surface area contributed by atoms with Crippen LogP contribution in [0.4, 0.5) is 30.6 Å². The second-order valence-electron chi connectivity index (χ2n) is 6.57. The standard InChI is InChI=1S/C20H20F3N5O3/c1-3-5-13(4-2)30-18-16(23)9-12(10-24-18)25-17(29)19-27-28-20(31-19)26-11-6-7-14(21)15(22)8-11/h6-10,13H,3-5H2,1-2H3,(H,25,29)(H,26,28)/t13-/m0/s1. The van der Waals surface area contributed by atoms with E-state index in [0.717, 1.165) is 31.0 Å². The molecule has 0 spiro atoms. The smallest absolute Gasteiger partial charge is 0.320 e. The number of ether oxygens (including phenoxy) is 1. The maximum atomic E-state index is 14.3. The molecule has 0 unspecified atom stereocenters. The third-order valence-corrected chi connectivity index (χ3v) is 4.20. The highest BCUT2D eigenvalue weighted by atomic mass is 19.2. The van der Waals surface area contributed by atoms with Gasteiger partial charge in [0.2, 0.25) is 0 Å². The van der Waals surface area contributed by atoms with E-state index in [-0.39, 0.29) is 29.4 Å². The molecule has 0 aliphatic heterocycles. The number of halogens is 3. The van der Waals surface area contributed by atoms with Gasteiger partial charge >= 0.3 is 17.8 Å². The van der Waals surface area contributed by atoms with Gasteiger partial charge in [-0.3, -0.25) is 4.79 Å². The Morgan fingerprint density at radius 2 is 1.87 bits per heavy atom. The lowest BCUT2D eigenvalue weighted by Crippen LogP contribution is -2.17. The van der Waals surface area contributed by atoms with Crippen LogP contribution < -0.4 is 15.4 Å². The Kier molecular flexibility index (Phi) is 7.06. The predicted molar refractivity (Wildman–Crippen MR) is 106 cm³/mol. The van der Waals surface area contributed by atoms with Crippen LogP contribution in [0.2, 0.25) is 0 Å². The molecular weight excluding hydrogens is 415 g/mol. The first-order chi connectivity index (χ1) is 14.9. The Balaban J connectivity index is 1.63. The molecule has 1 atom stereocenters. The number of carbonyl (C=O) groups is 1. The molecule has 3 rings (SSSR count). The minimum absolute atomic E-state index is 0.0618. The largest absolute Gasteiger partial charge is 0.472 e. The van der Waals surface area contributed by atoms with E-state index < -0.39 is 29.2 Å². The van der Waals surface area contributed by atoms with Gasteiger partial charge in [0, 0.05) is 17.8 Å². The van der Waals surface area contributed by atoms with Crippen molar-refractivity contribution in [3.8, 4) is 5.88 Å². The van der Waals surface area contributed by atoms with Crippen molar-refractivity contribution < 1.29 is 27.1 Å². The van der Waals surface area contributed by atoms with Crippen molar-refractivity contribution in [1.82, 2.24) is 15.2 Å². The summed E-state index contributed by atoms with van der Waals surface area (Å²) in [5, 5.41) is 12.1. The van der Waals surface area contributed by atoms with Gasteiger partial charge in [-0.1, -0.05) is 25.4 Å². The number of aromatic nitrogens is 3. The number of amides is 1. The van der Waals surface area contributed by atoms with Crippen molar-refractivity contribution in [3.05, 3.63) is 53.8 Å². The van der Waals surface area contributed by atoms with E-state index in [1.807, 2.05) is 13.8 Å². The fraction of sp³-hybridized carbons (Fsp3) is 0.300. The van der Waals surface area contributed by atoms with Crippen LogP contribution in [0.15, 0.2) is 34.9 Å². The van der Waals surface area contributed by atoms with Gasteiger partial charge in [-0.15, -0.1) is 5.10 Å². The van der Waals surface area contributed by atoms with E-state index in [4.69, 9.17) is 9.15 Å². The highest BCUT2D eigenvalue weighted by Gasteiger charge is 2.18. The van der Waals surface area contributed by atoms with E-state index >= 15 is 0 Å². The van der Waals surface area contributed by atoms with Crippen molar-refractivity contribution in [2.75, 3.05) is 10.6 Å². The lowest BCUT2D eigenvalue weighted by Gasteiger charge is -2.16. The molecule has 2 aromatic heterocycles. The zero-order valence-corrected chi connectivity index (χ0v) is 16.8. The molecule has 3 aromatic rings. The zero-order valence-electron chi connectivity index (χ0n) is 16.8. The monoisotopic (exact) mass is 435 g/mol. The van der Waals surface area contributed by atoms with Gasteiger partial charge in [0.1, 0.15) is 6.10 Å². The van der Waals surface area contributed by atoms with Crippen LogP contribution in [0.3, 0.4) is 0 Å². The minimum atomic E-state index is -1.07. The molecule has 0 saturated heterocycles. The van der Waals surface area contributed by atoms with Crippen LogP contribution in [0.25, 0.3) is 0 Å². The average molecular weight is 435 g/mol. The highest BCUT2D eigenvalue weighted by molar-refractivity contribution is 6.00. The summed E-state index contributed by atoms with van der Waals surface area (Å²) in [4.78, 5) is 16.2. The summed E-state index contributed by atoms with van der Waals surface area (Å²) in [6.45, 7) is 3.94. The fourth-order valence-corrected chi connectivity index (χ4v) is 2.65. The van der Waals surface area contributed by atoms with Crippen LogP contribution in [-0.4, -0.2) is 27.2 Å². The lowest BCUT2D eigenvalue weighted by atomic mass is 10.2. The summed E-state index contributed by atoms with van der Waals surface area (Å²) < 4.78 is 51.2. The summed E-state index contributed by atoms with van der Waals surface area (Å²) >= 11 is 0. The molecule has 164 valence electrons. The second kappa shape index (κ2) is 9.92. The van der Waals surface area contributed by atoms with Crippen LogP contribution in [0.1, 0.15) is 43.8 Å². The summed E-state index contributed by atoms with van der Waals surface area (Å²) in [7, 11) is 0. The van der Waals surface area contributed by atoms with E-state index in [2.05, 4.69) is 25.8 Å². The second-order valence-corrected chi connectivity index (χ2v) is 6.57.